The minimum absolute atomic E-state index is 0.0531. The number of methoxy groups -OCH3 is 2. The number of ether oxygens (including phenoxy) is 2. The Balaban J connectivity index is 1.82. The average molecular weight is 396 g/mol. The van der Waals surface area contributed by atoms with Crippen molar-refractivity contribution in [2.75, 3.05) is 20.8 Å². The van der Waals surface area contributed by atoms with Crippen LogP contribution in [0.5, 0.6) is 11.5 Å². The van der Waals surface area contributed by atoms with Crippen LogP contribution >= 0.6 is 0 Å². The number of carbonyl (C=O) groups excluding carboxylic acids is 2. The fourth-order valence-electron chi connectivity index (χ4n) is 3.98. The van der Waals surface area contributed by atoms with Crippen molar-refractivity contribution in [1.29, 1.82) is 0 Å². The maximum atomic E-state index is 13.1. The van der Waals surface area contributed by atoms with Gasteiger partial charge in [-0.3, -0.25) is 9.59 Å². The smallest absolute Gasteiger partial charge is 0.225 e. The Kier molecular flexibility index (Phi) is 6.75. The number of carbonyl (C=O) groups is 2. The van der Waals surface area contributed by atoms with Crippen molar-refractivity contribution >= 4 is 11.8 Å². The summed E-state index contributed by atoms with van der Waals surface area (Å²) in [7, 11) is 3.23. The summed E-state index contributed by atoms with van der Waals surface area (Å²) < 4.78 is 10.6. The molecule has 1 aliphatic heterocycles. The summed E-state index contributed by atoms with van der Waals surface area (Å²) in [5, 5.41) is 3.04. The molecule has 1 saturated heterocycles. The van der Waals surface area contributed by atoms with Gasteiger partial charge in [0.2, 0.25) is 11.8 Å². The van der Waals surface area contributed by atoms with E-state index in [9.17, 15) is 9.59 Å². The fourth-order valence-corrected chi connectivity index (χ4v) is 3.98. The largest absolute Gasteiger partial charge is 0.497 e. The Morgan fingerprint density at radius 3 is 2.48 bits per heavy atom. The highest BCUT2D eigenvalue weighted by Gasteiger charge is 2.39. The second-order valence-electron chi connectivity index (χ2n) is 7.07. The summed E-state index contributed by atoms with van der Waals surface area (Å²) in [4.78, 5) is 27.5. The van der Waals surface area contributed by atoms with Gasteiger partial charge < -0.3 is 19.7 Å². The molecule has 1 fully saturated rings. The maximum absolute atomic E-state index is 13.1. The first-order valence-corrected chi connectivity index (χ1v) is 9.92. The van der Waals surface area contributed by atoms with Crippen LogP contribution in [0.15, 0.2) is 48.5 Å². The summed E-state index contributed by atoms with van der Waals surface area (Å²) in [6.45, 7) is 2.89. The van der Waals surface area contributed by atoms with Crippen molar-refractivity contribution < 1.29 is 19.1 Å². The molecule has 2 amide bonds. The lowest BCUT2D eigenvalue weighted by molar-refractivity contribution is -0.143. The number of likely N-dealkylation sites (tertiary alicyclic amines) is 1. The zero-order valence-corrected chi connectivity index (χ0v) is 17.2. The number of benzene rings is 2. The van der Waals surface area contributed by atoms with Crippen LogP contribution in [0, 0.1) is 5.92 Å². The lowest BCUT2D eigenvalue weighted by Crippen LogP contribution is -2.47. The van der Waals surface area contributed by atoms with Crippen LogP contribution in [-0.2, 0) is 16.1 Å². The first-order chi connectivity index (χ1) is 14.1. The molecule has 2 aromatic rings. The van der Waals surface area contributed by atoms with Crippen molar-refractivity contribution in [1.82, 2.24) is 10.2 Å². The predicted molar refractivity (Wildman–Crippen MR) is 111 cm³/mol. The zero-order valence-electron chi connectivity index (χ0n) is 17.2. The lowest BCUT2D eigenvalue weighted by Gasteiger charge is -2.40. The third-order valence-electron chi connectivity index (χ3n) is 5.49. The number of piperidine rings is 1. The minimum Gasteiger partial charge on any atom is -0.497 e. The number of hydrogen-bond acceptors (Lipinski definition) is 4. The number of amides is 2. The van der Waals surface area contributed by atoms with Crippen LogP contribution in [0.2, 0.25) is 0 Å². The first-order valence-electron chi connectivity index (χ1n) is 9.92. The Labute approximate surface area is 171 Å². The van der Waals surface area contributed by atoms with Crippen LogP contribution in [0.4, 0.5) is 0 Å². The Hall–Kier alpha value is -3.02. The molecule has 2 atom stereocenters. The van der Waals surface area contributed by atoms with Gasteiger partial charge in [-0.05, 0) is 37.1 Å². The minimum atomic E-state index is -0.309. The monoisotopic (exact) mass is 396 g/mol. The van der Waals surface area contributed by atoms with Gasteiger partial charge in [0.25, 0.3) is 0 Å². The van der Waals surface area contributed by atoms with E-state index in [4.69, 9.17) is 9.47 Å². The maximum Gasteiger partial charge on any atom is 0.225 e. The molecule has 0 spiro atoms. The number of rotatable bonds is 7. The van der Waals surface area contributed by atoms with Gasteiger partial charge >= 0.3 is 0 Å². The van der Waals surface area contributed by atoms with Crippen molar-refractivity contribution in [3.05, 3.63) is 59.7 Å². The van der Waals surface area contributed by atoms with E-state index in [0.717, 1.165) is 22.6 Å². The number of nitrogens with zero attached hydrogens (tertiary/aromatic N) is 1. The molecule has 29 heavy (non-hydrogen) atoms. The van der Waals surface area contributed by atoms with Gasteiger partial charge in [-0.15, -0.1) is 0 Å². The first kappa shape index (κ1) is 20.7. The van der Waals surface area contributed by atoms with Gasteiger partial charge in [0.15, 0.2) is 0 Å². The van der Waals surface area contributed by atoms with Crippen molar-refractivity contribution in [2.45, 2.75) is 32.4 Å². The topological polar surface area (TPSA) is 67.9 Å². The molecule has 3 rings (SSSR count). The third kappa shape index (κ3) is 4.53. The van der Waals surface area contributed by atoms with Gasteiger partial charge in [0, 0.05) is 25.1 Å². The van der Waals surface area contributed by atoms with Crippen molar-refractivity contribution in [3.63, 3.8) is 0 Å². The van der Waals surface area contributed by atoms with E-state index in [1.807, 2.05) is 55.5 Å². The molecule has 0 bridgehead atoms. The fraction of sp³-hybridized carbons (Fsp3) is 0.391. The molecular weight excluding hydrogens is 368 g/mol. The molecule has 2 aromatic carbocycles. The normalized spacial score (nSPS) is 19.0. The highest BCUT2D eigenvalue weighted by atomic mass is 16.5. The van der Waals surface area contributed by atoms with E-state index in [1.165, 1.54) is 0 Å². The average Bonchev–Trinajstić information content (AvgIpc) is 2.77. The molecule has 1 N–H and O–H groups in total. The molecule has 6 heteroatoms. The van der Waals surface area contributed by atoms with E-state index in [-0.39, 0.29) is 23.8 Å². The SMILES string of the molecule is CCN1C(=O)CC[C@@H](C(=O)NCc2ccccc2OC)[C@@H]1c1ccc(OC)cc1. The van der Waals surface area contributed by atoms with Crippen LogP contribution in [0.1, 0.15) is 36.9 Å². The summed E-state index contributed by atoms with van der Waals surface area (Å²) in [6.07, 6.45) is 0.914. The van der Waals surface area contributed by atoms with Gasteiger partial charge in [0.05, 0.1) is 26.2 Å². The van der Waals surface area contributed by atoms with Crippen molar-refractivity contribution in [3.8, 4) is 11.5 Å². The predicted octanol–water partition coefficient (Wildman–Crippen LogP) is 3.32. The molecular formula is C23H28N2O4. The van der Waals surface area contributed by atoms with Gasteiger partial charge in [-0.25, -0.2) is 0 Å². The molecule has 0 aliphatic carbocycles. The summed E-state index contributed by atoms with van der Waals surface area (Å²) in [6, 6.07) is 14.9. The molecule has 0 unspecified atom stereocenters. The molecule has 6 nitrogen and oxygen atoms in total. The molecule has 1 aliphatic rings. The van der Waals surface area contributed by atoms with E-state index in [2.05, 4.69) is 5.32 Å². The Morgan fingerprint density at radius 1 is 1.10 bits per heavy atom. The summed E-state index contributed by atoms with van der Waals surface area (Å²) >= 11 is 0. The molecule has 0 saturated carbocycles. The molecule has 154 valence electrons. The van der Waals surface area contributed by atoms with Crippen molar-refractivity contribution in [2.24, 2.45) is 5.92 Å². The van der Waals surface area contributed by atoms with Crippen LogP contribution < -0.4 is 14.8 Å². The summed E-state index contributed by atoms with van der Waals surface area (Å²) in [5.41, 5.74) is 1.86. The quantitative estimate of drug-likeness (QED) is 0.780. The highest BCUT2D eigenvalue weighted by Crippen LogP contribution is 2.37. The van der Waals surface area contributed by atoms with Crippen LogP contribution in [-0.4, -0.2) is 37.5 Å². The van der Waals surface area contributed by atoms with E-state index in [1.54, 1.807) is 19.1 Å². The third-order valence-corrected chi connectivity index (χ3v) is 5.49. The molecule has 0 aromatic heterocycles. The zero-order chi connectivity index (χ0) is 20.8. The molecule has 0 radical (unpaired) electrons. The standard InChI is InChI=1S/C23H28N2O4/c1-4-25-21(26)14-13-19(22(25)16-9-11-18(28-2)12-10-16)23(27)24-15-17-7-5-6-8-20(17)29-3/h5-12,19,22H,4,13-15H2,1-3H3,(H,24,27)/t19-,22+/m1/s1. The van der Waals surface area contributed by atoms with E-state index in [0.29, 0.717) is 25.9 Å². The number of para-hydroxylation sites is 1. The number of hydrogen-bond donors (Lipinski definition) is 1. The summed E-state index contributed by atoms with van der Waals surface area (Å²) in [5.74, 6) is 1.21. The Morgan fingerprint density at radius 2 is 1.83 bits per heavy atom. The second kappa shape index (κ2) is 9.45. The van der Waals surface area contributed by atoms with E-state index < -0.39 is 0 Å². The highest BCUT2D eigenvalue weighted by molar-refractivity contribution is 5.85. The van der Waals surface area contributed by atoms with Gasteiger partial charge in [-0.2, -0.15) is 0 Å². The number of nitrogens with one attached hydrogen (secondary N) is 1. The Bertz CT molecular complexity index is 850. The van der Waals surface area contributed by atoms with Crippen LogP contribution in [0.25, 0.3) is 0 Å². The van der Waals surface area contributed by atoms with Gasteiger partial charge in [0.1, 0.15) is 11.5 Å². The van der Waals surface area contributed by atoms with E-state index >= 15 is 0 Å². The van der Waals surface area contributed by atoms with Crippen LogP contribution in [0.3, 0.4) is 0 Å². The van der Waals surface area contributed by atoms with Gasteiger partial charge in [-0.1, -0.05) is 30.3 Å². The molecule has 1 heterocycles. The second-order valence-corrected chi connectivity index (χ2v) is 7.07. The lowest BCUT2D eigenvalue weighted by atomic mass is 9.83.